The van der Waals surface area contributed by atoms with E-state index >= 15 is 0 Å². The summed E-state index contributed by atoms with van der Waals surface area (Å²) in [6.45, 7) is 0.302. The van der Waals surface area contributed by atoms with Gasteiger partial charge in [0.05, 0.1) is 5.75 Å². The molecule has 1 atom stereocenters. The van der Waals surface area contributed by atoms with Crippen LogP contribution in [0, 0.1) is 5.82 Å². The monoisotopic (exact) mass is 272 g/mol. The number of carbonyl (C=O) groups is 1. The van der Waals surface area contributed by atoms with Crippen molar-refractivity contribution in [1.29, 1.82) is 0 Å². The first kappa shape index (κ1) is 14.8. The highest BCUT2D eigenvalue weighted by molar-refractivity contribution is 7.84. The van der Waals surface area contributed by atoms with Gasteiger partial charge >= 0.3 is 0 Å². The smallest absolute Gasteiger partial charge is 0.234 e. The van der Waals surface area contributed by atoms with Crippen molar-refractivity contribution in [2.75, 3.05) is 19.8 Å². The lowest BCUT2D eigenvalue weighted by Crippen LogP contribution is -2.27. The second-order valence-electron chi connectivity index (χ2n) is 4.15. The van der Waals surface area contributed by atoms with E-state index in [2.05, 4.69) is 0 Å². The lowest BCUT2D eigenvalue weighted by molar-refractivity contribution is -0.125. The topological polar surface area (TPSA) is 63.4 Å². The summed E-state index contributed by atoms with van der Waals surface area (Å²) in [5.74, 6) is -0.722. The standard InChI is InChI=1S/C12H17FN2O2S/c1-15(2)12(16)8-18(17)7-10-5-9(6-14)3-4-11(10)13/h3-5H,6-8,14H2,1-2H3. The molecule has 1 unspecified atom stereocenters. The maximum absolute atomic E-state index is 13.5. The van der Waals surface area contributed by atoms with E-state index in [0.717, 1.165) is 5.56 Å². The zero-order valence-electron chi connectivity index (χ0n) is 10.5. The third kappa shape index (κ3) is 4.19. The van der Waals surface area contributed by atoms with Gasteiger partial charge in [-0.1, -0.05) is 12.1 Å². The van der Waals surface area contributed by atoms with E-state index in [9.17, 15) is 13.4 Å². The molecular weight excluding hydrogens is 255 g/mol. The van der Waals surface area contributed by atoms with Crippen LogP contribution in [0.3, 0.4) is 0 Å². The van der Waals surface area contributed by atoms with Crippen LogP contribution in [-0.2, 0) is 27.9 Å². The van der Waals surface area contributed by atoms with Crippen LogP contribution < -0.4 is 5.73 Å². The van der Waals surface area contributed by atoms with Gasteiger partial charge in [0.2, 0.25) is 5.91 Å². The first-order valence-electron chi connectivity index (χ1n) is 5.46. The van der Waals surface area contributed by atoms with E-state index in [-0.39, 0.29) is 17.4 Å². The van der Waals surface area contributed by atoms with Gasteiger partial charge in [-0.2, -0.15) is 0 Å². The minimum absolute atomic E-state index is 0.0270. The SMILES string of the molecule is CN(C)C(=O)CS(=O)Cc1cc(CN)ccc1F. The molecule has 0 aliphatic heterocycles. The van der Waals surface area contributed by atoms with Crippen LogP contribution in [0.25, 0.3) is 0 Å². The Morgan fingerprint density at radius 3 is 2.67 bits per heavy atom. The molecule has 0 bridgehead atoms. The zero-order valence-corrected chi connectivity index (χ0v) is 11.3. The summed E-state index contributed by atoms with van der Waals surface area (Å²) in [5.41, 5.74) is 6.58. The molecule has 1 aromatic rings. The van der Waals surface area contributed by atoms with E-state index in [1.54, 1.807) is 26.2 Å². The van der Waals surface area contributed by atoms with E-state index in [4.69, 9.17) is 5.73 Å². The first-order chi connectivity index (χ1) is 8.43. The van der Waals surface area contributed by atoms with E-state index in [0.29, 0.717) is 12.1 Å². The summed E-state index contributed by atoms with van der Waals surface area (Å²) in [5, 5.41) is 0. The fourth-order valence-electron chi connectivity index (χ4n) is 1.36. The molecule has 0 saturated carbocycles. The van der Waals surface area contributed by atoms with Crippen LogP contribution in [0.1, 0.15) is 11.1 Å². The average Bonchev–Trinajstić information content (AvgIpc) is 2.31. The van der Waals surface area contributed by atoms with E-state index in [1.165, 1.54) is 11.0 Å². The Morgan fingerprint density at radius 2 is 2.11 bits per heavy atom. The lowest BCUT2D eigenvalue weighted by Gasteiger charge is -2.10. The minimum Gasteiger partial charge on any atom is -0.348 e. The Hall–Kier alpha value is -1.27. The highest BCUT2D eigenvalue weighted by atomic mass is 32.2. The van der Waals surface area contributed by atoms with Gasteiger partial charge in [-0.25, -0.2) is 4.39 Å². The molecule has 2 N–H and O–H groups in total. The molecule has 0 saturated heterocycles. The van der Waals surface area contributed by atoms with Gasteiger partial charge in [-0.05, 0) is 11.6 Å². The molecule has 0 radical (unpaired) electrons. The highest BCUT2D eigenvalue weighted by Crippen LogP contribution is 2.12. The Kier molecular flexibility index (Phi) is 5.43. The van der Waals surface area contributed by atoms with Crippen LogP contribution in [0.5, 0.6) is 0 Å². The van der Waals surface area contributed by atoms with Crippen LogP contribution in [0.15, 0.2) is 18.2 Å². The Balaban J connectivity index is 2.72. The molecule has 6 heteroatoms. The zero-order chi connectivity index (χ0) is 13.7. The number of rotatable bonds is 5. The van der Waals surface area contributed by atoms with Gasteiger partial charge in [0.25, 0.3) is 0 Å². The quantitative estimate of drug-likeness (QED) is 0.854. The summed E-state index contributed by atoms with van der Waals surface area (Å²) in [4.78, 5) is 12.7. The van der Waals surface area contributed by atoms with Gasteiger partial charge in [-0.15, -0.1) is 0 Å². The fourth-order valence-corrected chi connectivity index (χ4v) is 2.56. The van der Waals surface area contributed by atoms with Crippen molar-refractivity contribution in [1.82, 2.24) is 4.90 Å². The summed E-state index contributed by atoms with van der Waals surface area (Å²) in [6, 6.07) is 4.49. The van der Waals surface area contributed by atoms with Crippen molar-refractivity contribution in [2.45, 2.75) is 12.3 Å². The van der Waals surface area contributed by atoms with Gasteiger partial charge in [0.1, 0.15) is 11.6 Å². The largest absolute Gasteiger partial charge is 0.348 e. The first-order valence-corrected chi connectivity index (χ1v) is 6.95. The molecule has 0 aromatic heterocycles. The average molecular weight is 272 g/mol. The molecule has 1 rings (SSSR count). The number of nitrogens with zero attached hydrogens (tertiary/aromatic N) is 1. The van der Waals surface area contributed by atoms with Crippen molar-refractivity contribution in [3.63, 3.8) is 0 Å². The molecule has 18 heavy (non-hydrogen) atoms. The molecule has 1 aromatic carbocycles. The number of hydrogen-bond donors (Lipinski definition) is 1. The van der Waals surface area contributed by atoms with Crippen LogP contribution in [-0.4, -0.2) is 34.9 Å². The summed E-state index contributed by atoms with van der Waals surface area (Å²) in [7, 11) is 1.77. The number of carbonyl (C=O) groups excluding carboxylic acids is 1. The van der Waals surface area contributed by atoms with E-state index < -0.39 is 16.6 Å². The molecular formula is C12H17FN2O2S. The highest BCUT2D eigenvalue weighted by Gasteiger charge is 2.13. The normalized spacial score (nSPS) is 12.2. The Morgan fingerprint density at radius 1 is 1.44 bits per heavy atom. The van der Waals surface area contributed by atoms with Crippen LogP contribution in [0.2, 0.25) is 0 Å². The lowest BCUT2D eigenvalue weighted by atomic mass is 10.1. The second kappa shape index (κ2) is 6.61. The van der Waals surface area contributed by atoms with E-state index in [1.807, 2.05) is 0 Å². The van der Waals surface area contributed by atoms with Gasteiger partial charge in [0.15, 0.2) is 0 Å². The van der Waals surface area contributed by atoms with Gasteiger partial charge < -0.3 is 10.6 Å². The van der Waals surface area contributed by atoms with Crippen molar-refractivity contribution < 1.29 is 13.4 Å². The van der Waals surface area contributed by atoms with Crippen molar-refractivity contribution in [3.05, 3.63) is 35.1 Å². The van der Waals surface area contributed by atoms with Crippen molar-refractivity contribution in [2.24, 2.45) is 5.73 Å². The molecule has 0 spiro atoms. The molecule has 0 aliphatic rings. The maximum Gasteiger partial charge on any atom is 0.234 e. The molecule has 0 heterocycles. The summed E-state index contributed by atoms with van der Waals surface area (Å²) in [6.07, 6.45) is 0. The maximum atomic E-state index is 13.5. The summed E-state index contributed by atoms with van der Waals surface area (Å²) >= 11 is 0. The van der Waals surface area contributed by atoms with Crippen molar-refractivity contribution >= 4 is 16.7 Å². The Labute approximate surface area is 108 Å². The number of amides is 1. The van der Waals surface area contributed by atoms with Crippen LogP contribution >= 0.6 is 0 Å². The number of benzene rings is 1. The van der Waals surface area contributed by atoms with Crippen LogP contribution in [0.4, 0.5) is 4.39 Å². The minimum atomic E-state index is -1.41. The molecule has 1 amide bonds. The predicted molar refractivity (Wildman–Crippen MR) is 69.7 cm³/mol. The molecule has 0 fully saturated rings. The summed E-state index contributed by atoms with van der Waals surface area (Å²) < 4.78 is 25.2. The third-order valence-corrected chi connectivity index (χ3v) is 3.65. The second-order valence-corrected chi connectivity index (χ2v) is 5.60. The van der Waals surface area contributed by atoms with Gasteiger partial charge in [-0.3, -0.25) is 9.00 Å². The Bertz CT molecular complexity index is 463. The number of hydrogen-bond acceptors (Lipinski definition) is 3. The van der Waals surface area contributed by atoms with Crippen molar-refractivity contribution in [3.8, 4) is 0 Å². The number of halogens is 1. The molecule has 100 valence electrons. The molecule has 0 aliphatic carbocycles. The fraction of sp³-hybridized carbons (Fsp3) is 0.417. The number of nitrogens with two attached hydrogens (primary N) is 1. The predicted octanol–water partition coefficient (Wildman–Crippen LogP) is 0.621. The van der Waals surface area contributed by atoms with Gasteiger partial charge in [0, 0.05) is 37.0 Å². The third-order valence-electron chi connectivity index (χ3n) is 2.45. The molecule has 4 nitrogen and oxygen atoms in total.